The van der Waals surface area contributed by atoms with E-state index in [1.165, 1.54) is 0 Å². The molecule has 4 aromatic rings. The lowest BCUT2D eigenvalue weighted by molar-refractivity contribution is 0.0526. The molecule has 0 bridgehead atoms. The van der Waals surface area contributed by atoms with Gasteiger partial charge in [-0.05, 0) is 49.2 Å². The number of benzene rings is 3. The predicted octanol–water partition coefficient (Wildman–Crippen LogP) is 3.41. The van der Waals surface area contributed by atoms with Crippen LogP contribution in [0, 0.1) is 5.41 Å². The van der Waals surface area contributed by atoms with E-state index < -0.39 is 0 Å². The van der Waals surface area contributed by atoms with Crippen LogP contribution in [0.4, 0.5) is 0 Å². The number of fused-ring (bicyclic) bond motifs is 1. The molecule has 1 heterocycles. The van der Waals surface area contributed by atoms with Crippen molar-refractivity contribution in [3.05, 3.63) is 89.5 Å². The molecule has 1 N–H and O–H groups in total. The molecule has 0 spiro atoms. The predicted molar refractivity (Wildman–Crippen MR) is 129 cm³/mol. The molecule has 0 saturated heterocycles. The van der Waals surface area contributed by atoms with Gasteiger partial charge in [0.15, 0.2) is 0 Å². The van der Waals surface area contributed by atoms with Gasteiger partial charge in [0.2, 0.25) is 5.62 Å². The number of aromatic nitrogens is 2. The highest BCUT2D eigenvalue weighted by molar-refractivity contribution is 6.32. The van der Waals surface area contributed by atoms with Gasteiger partial charge in [-0.25, -0.2) is 4.79 Å². The molecule has 0 aliphatic carbocycles. The van der Waals surface area contributed by atoms with E-state index in [9.17, 15) is 4.79 Å². The van der Waals surface area contributed by atoms with Gasteiger partial charge in [0.1, 0.15) is 13.6 Å². The number of aryl methyl sites for hydroxylation is 1. The van der Waals surface area contributed by atoms with Crippen LogP contribution in [0.25, 0.3) is 11.0 Å². The van der Waals surface area contributed by atoms with Crippen LogP contribution < -0.4 is 15.8 Å². The van der Waals surface area contributed by atoms with Crippen molar-refractivity contribution in [2.75, 3.05) is 13.2 Å². The summed E-state index contributed by atoms with van der Waals surface area (Å²) >= 11 is 0. The molecule has 0 atom stereocenters. The minimum Gasteiger partial charge on any atom is -0.494 e. The van der Waals surface area contributed by atoms with Crippen LogP contribution in [-0.4, -0.2) is 36.2 Å². The number of nitrogens with one attached hydrogen (secondary N) is 1. The summed E-state index contributed by atoms with van der Waals surface area (Å²) in [4.78, 5) is 11.9. The Kier molecular flexibility index (Phi) is 6.98. The lowest BCUT2D eigenvalue weighted by Gasteiger charge is -2.09. The normalized spacial score (nSPS) is 10.9. The van der Waals surface area contributed by atoms with Crippen molar-refractivity contribution < 1.29 is 14.3 Å². The summed E-state index contributed by atoms with van der Waals surface area (Å²) in [5, 5.41) is 8.79. The third-order valence-corrected chi connectivity index (χ3v) is 5.41. The van der Waals surface area contributed by atoms with Gasteiger partial charge in [-0.3, -0.25) is 5.41 Å². The van der Waals surface area contributed by atoms with Gasteiger partial charge >= 0.3 is 5.97 Å². The van der Waals surface area contributed by atoms with Gasteiger partial charge in [-0.15, -0.1) is 0 Å². The summed E-state index contributed by atoms with van der Waals surface area (Å²) in [7, 11) is 5.94. The zero-order valence-electron chi connectivity index (χ0n) is 18.7. The molecule has 0 saturated carbocycles. The number of ether oxygens (including phenoxy) is 2. The zero-order chi connectivity index (χ0) is 23.2. The van der Waals surface area contributed by atoms with Gasteiger partial charge in [0, 0.05) is 6.54 Å². The number of carbonyl (C=O) groups is 1. The van der Waals surface area contributed by atoms with Crippen LogP contribution in [-0.2, 0) is 17.8 Å². The van der Waals surface area contributed by atoms with E-state index in [1.54, 1.807) is 25.1 Å². The molecule has 4 rings (SSSR count). The third kappa shape index (κ3) is 5.19. The van der Waals surface area contributed by atoms with Crippen LogP contribution in [0.2, 0.25) is 0 Å². The van der Waals surface area contributed by atoms with E-state index in [0.717, 1.165) is 16.6 Å². The highest BCUT2D eigenvalue weighted by Crippen LogP contribution is 2.17. The molecule has 166 valence electrons. The minimum absolute atomic E-state index is 0.335. The first-order valence-corrected chi connectivity index (χ1v) is 11.0. The molecule has 0 unspecified atom stereocenters. The largest absolute Gasteiger partial charge is 0.494 e. The molecule has 0 amide bonds. The number of imidazole rings is 1. The molecule has 0 aliphatic rings. The standard InChI is InChI=1S/C26H26BN3O3/c1-2-32-25(31)20-9-6-11-22(17-20)33-15-7-14-29-23-12-3-4-13-24(23)30(26(29)28)18-19-8-5-10-21(27)16-19/h3-6,8-13,16-17,28H,2,7,14-15,18H2,1H3. The average Bonchev–Trinajstić information content (AvgIpc) is 3.08. The van der Waals surface area contributed by atoms with Crippen LogP contribution in [0.3, 0.4) is 0 Å². The fourth-order valence-corrected chi connectivity index (χ4v) is 3.89. The van der Waals surface area contributed by atoms with E-state index >= 15 is 0 Å². The molecular formula is C26H26BN3O3. The molecule has 0 aliphatic heterocycles. The summed E-state index contributed by atoms with van der Waals surface area (Å²) < 4.78 is 14.9. The molecule has 6 nitrogen and oxygen atoms in total. The van der Waals surface area contributed by atoms with Gasteiger partial charge in [-0.1, -0.05) is 47.9 Å². The van der Waals surface area contributed by atoms with Crippen LogP contribution in [0.1, 0.15) is 29.3 Å². The fraction of sp³-hybridized carbons (Fsp3) is 0.231. The second kappa shape index (κ2) is 10.3. The Balaban J connectivity index is 1.46. The molecule has 2 radical (unpaired) electrons. The molecule has 33 heavy (non-hydrogen) atoms. The highest BCUT2D eigenvalue weighted by atomic mass is 16.5. The summed E-state index contributed by atoms with van der Waals surface area (Å²) in [5.41, 5.74) is 4.70. The van der Waals surface area contributed by atoms with Gasteiger partial charge in [0.05, 0.1) is 36.4 Å². The first-order valence-electron chi connectivity index (χ1n) is 11.0. The van der Waals surface area contributed by atoms with Crippen molar-refractivity contribution >= 4 is 30.3 Å². The number of nitrogens with zero attached hydrogens (tertiary/aromatic N) is 2. The molecule has 0 fully saturated rings. The van der Waals surface area contributed by atoms with E-state index in [-0.39, 0.29) is 5.97 Å². The third-order valence-electron chi connectivity index (χ3n) is 5.41. The van der Waals surface area contributed by atoms with Crippen molar-refractivity contribution in [1.29, 1.82) is 5.41 Å². The fourth-order valence-electron chi connectivity index (χ4n) is 3.89. The topological polar surface area (TPSA) is 69.2 Å². The Morgan fingerprint density at radius 3 is 2.48 bits per heavy atom. The van der Waals surface area contributed by atoms with Crippen molar-refractivity contribution in [1.82, 2.24) is 9.13 Å². The highest BCUT2D eigenvalue weighted by Gasteiger charge is 2.11. The van der Waals surface area contributed by atoms with Crippen LogP contribution in [0.5, 0.6) is 5.75 Å². The quantitative estimate of drug-likeness (QED) is 0.247. The maximum absolute atomic E-state index is 11.9. The Labute approximate surface area is 194 Å². The van der Waals surface area contributed by atoms with Crippen LogP contribution in [0.15, 0.2) is 72.8 Å². The molecular weight excluding hydrogens is 413 g/mol. The second-order valence-electron chi connectivity index (χ2n) is 7.75. The summed E-state index contributed by atoms with van der Waals surface area (Å²) in [5.74, 6) is 0.270. The van der Waals surface area contributed by atoms with Gasteiger partial charge in [-0.2, -0.15) is 0 Å². The number of hydrogen-bond acceptors (Lipinski definition) is 4. The van der Waals surface area contributed by atoms with E-state index in [0.29, 0.717) is 55.1 Å². The first kappa shape index (κ1) is 22.5. The number of para-hydroxylation sites is 2. The number of carbonyl (C=O) groups excluding carboxylic acids is 1. The number of rotatable bonds is 9. The maximum Gasteiger partial charge on any atom is 0.338 e. The molecule has 7 heteroatoms. The lowest BCUT2D eigenvalue weighted by atomic mass is 9.94. The van der Waals surface area contributed by atoms with E-state index in [2.05, 4.69) is 0 Å². The number of hydrogen-bond donors (Lipinski definition) is 1. The minimum atomic E-state index is -0.356. The zero-order valence-corrected chi connectivity index (χ0v) is 18.7. The Bertz CT molecular complexity index is 1330. The maximum atomic E-state index is 11.9. The second-order valence-corrected chi connectivity index (χ2v) is 7.75. The van der Waals surface area contributed by atoms with Crippen molar-refractivity contribution in [2.24, 2.45) is 0 Å². The Morgan fingerprint density at radius 1 is 0.970 bits per heavy atom. The summed E-state index contributed by atoms with van der Waals surface area (Å²) in [6.07, 6.45) is 0.715. The number of esters is 1. The smallest absolute Gasteiger partial charge is 0.338 e. The van der Waals surface area contributed by atoms with Crippen molar-refractivity contribution in [2.45, 2.75) is 26.4 Å². The Morgan fingerprint density at radius 2 is 1.73 bits per heavy atom. The molecule has 1 aromatic heterocycles. The molecule has 3 aromatic carbocycles. The van der Waals surface area contributed by atoms with Gasteiger partial charge in [0.25, 0.3) is 0 Å². The van der Waals surface area contributed by atoms with Crippen molar-refractivity contribution in [3.8, 4) is 5.75 Å². The van der Waals surface area contributed by atoms with E-state index in [1.807, 2.05) is 63.7 Å². The summed E-state index contributed by atoms with van der Waals surface area (Å²) in [6, 6.07) is 22.8. The lowest BCUT2D eigenvalue weighted by Crippen LogP contribution is -2.26. The van der Waals surface area contributed by atoms with Crippen LogP contribution >= 0.6 is 0 Å². The monoisotopic (exact) mass is 439 g/mol. The SMILES string of the molecule is [B]c1cccc(Cn2c(=N)n(CCCOc3cccc(C(=O)OCC)c3)c3ccccc32)c1. The van der Waals surface area contributed by atoms with Crippen molar-refractivity contribution in [3.63, 3.8) is 0 Å². The first-order chi connectivity index (χ1) is 16.1. The Hall–Kier alpha value is -3.74. The van der Waals surface area contributed by atoms with Gasteiger partial charge < -0.3 is 18.6 Å². The summed E-state index contributed by atoms with van der Waals surface area (Å²) in [6.45, 7) is 3.80. The average molecular weight is 439 g/mol. The van der Waals surface area contributed by atoms with E-state index in [4.69, 9.17) is 22.7 Å².